The lowest BCUT2D eigenvalue weighted by atomic mass is 10.0. The van der Waals surface area contributed by atoms with Gasteiger partial charge in [-0.1, -0.05) is 209 Å². The van der Waals surface area contributed by atoms with Crippen LogP contribution in [0.25, 0.3) is 0 Å². The number of aliphatic carboxylic acids is 1. The van der Waals surface area contributed by atoms with Crippen LogP contribution in [0, 0.1) is 0 Å². The third-order valence-corrected chi connectivity index (χ3v) is 11.9. The highest BCUT2D eigenvalue weighted by molar-refractivity contribution is 5.71. The van der Waals surface area contributed by atoms with Crippen molar-refractivity contribution in [3.05, 3.63) is 72.9 Å². The number of carbonyl (C=O) groups is 3. The van der Waals surface area contributed by atoms with Crippen LogP contribution in [0.5, 0.6) is 0 Å². The molecular formula is C60H106NO8+. The highest BCUT2D eigenvalue weighted by atomic mass is 16.7. The quantitative estimate of drug-likeness (QED) is 0.0211. The molecule has 398 valence electrons. The van der Waals surface area contributed by atoms with Crippen molar-refractivity contribution in [2.75, 3.05) is 47.5 Å². The Kier molecular flexibility index (Phi) is 48.7. The summed E-state index contributed by atoms with van der Waals surface area (Å²) < 4.78 is 22.8. The van der Waals surface area contributed by atoms with Crippen LogP contribution < -0.4 is 0 Å². The van der Waals surface area contributed by atoms with E-state index in [1.54, 1.807) is 0 Å². The summed E-state index contributed by atoms with van der Waals surface area (Å²) in [5, 5.41) is 9.69. The third kappa shape index (κ3) is 52.4. The summed E-state index contributed by atoms with van der Waals surface area (Å²) in [6.07, 6.45) is 62.6. The summed E-state index contributed by atoms with van der Waals surface area (Å²) in [5.41, 5.74) is 0. The molecule has 0 aliphatic carbocycles. The number of carbonyl (C=O) groups excluding carboxylic acids is 2. The first-order valence-electron chi connectivity index (χ1n) is 28.1. The van der Waals surface area contributed by atoms with Gasteiger partial charge in [-0.3, -0.25) is 9.59 Å². The van der Waals surface area contributed by atoms with E-state index in [0.717, 1.165) is 83.5 Å². The van der Waals surface area contributed by atoms with Gasteiger partial charge >= 0.3 is 17.9 Å². The Morgan fingerprint density at radius 3 is 1.23 bits per heavy atom. The summed E-state index contributed by atoms with van der Waals surface area (Å²) in [4.78, 5) is 37.4. The van der Waals surface area contributed by atoms with Crippen molar-refractivity contribution in [1.82, 2.24) is 0 Å². The summed E-state index contributed by atoms with van der Waals surface area (Å²) >= 11 is 0. The largest absolute Gasteiger partial charge is 0.477 e. The number of hydrogen-bond donors (Lipinski definition) is 1. The van der Waals surface area contributed by atoms with Crippen LogP contribution in [0.1, 0.15) is 232 Å². The van der Waals surface area contributed by atoms with Gasteiger partial charge in [0.05, 0.1) is 34.4 Å². The monoisotopic (exact) mass is 969 g/mol. The molecule has 0 amide bonds. The van der Waals surface area contributed by atoms with Gasteiger partial charge in [-0.25, -0.2) is 4.79 Å². The predicted molar refractivity (Wildman–Crippen MR) is 290 cm³/mol. The van der Waals surface area contributed by atoms with Gasteiger partial charge in [-0.05, 0) is 83.5 Å². The van der Waals surface area contributed by atoms with Crippen molar-refractivity contribution in [2.24, 2.45) is 0 Å². The van der Waals surface area contributed by atoms with Crippen LogP contribution in [0.15, 0.2) is 72.9 Å². The number of unbranched alkanes of at least 4 members (excludes halogenated alkanes) is 24. The van der Waals surface area contributed by atoms with E-state index < -0.39 is 24.3 Å². The van der Waals surface area contributed by atoms with Gasteiger partial charge in [-0.15, -0.1) is 0 Å². The third-order valence-electron chi connectivity index (χ3n) is 11.9. The molecule has 0 aromatic rings. The van der Waals surface area contributed by atoms with Crippen molar-refractivity contribution < 1.29 is 42.9 Å². The summed E-state index contributed by atoms with van der Waals surface area (Å²) in [6.45, 7) is 4.75. The number of carboxylic acid groups (broad SMARTS) is 1. The molecule has 0 spiro atoms. The number of hydrogen-bond acceptors (Lipinski definition) is 7. The topological polar surface area (TPSA) is 108 Å². The van der Waals surface area contributed by atoms with Gasteiger partial charge in [0.2, 0.25) is 0 Å². The van der Waals surface area contributed by atoms with Crippen LogP contribution >= 0.6 is 0 Å². The molecule has 0 fully saturated rings. The van der Waals surface area contributed by atoms with E-state index in [4.69, 9.17) is 18.9 Å². The molecule has 0 aliphatic rings. The molecule has 2 unspecified atom stereocenters. The second kappa shape index (κ2) is 51.1. The predicted octanol–water partition coefficient (Wildman–Crippen LogP) is 16.2. The van der Waals surface area contributed by atoms with Crippen LogP contribution in [0.4, 0.5) is 0 Å². The standard InChI is InChI=1S/C60H105NO8/c1-6-8-10-12-14-16-18-20-22-24-25-26-27-28-29-30-31-32-33-35-37-39-41-43-45-47-49-51-58(63)69-56(55-68-60(59(64)65)66-53-52-61(3,4)5)54-67-57(62)50-48-46-44-42-40-38-36-34-23-21-19-17-15-13-11-9-7-2/h9,11,15,17-18,20-21,23-25,27-28,56,60H,6-8,10,12-14,16,19,22,26,29-55H2,1-5H3/p+1/b11-9-,17-15-,20-18-,23-21-,25-24-,28-27-. The molecule has 0 heterocycles. The molecule has 9 nitrogen and oxygen atoms in total. The summed E-state index contributed by atoms with van der Waals surface area (Å²) in [7, 11) is 5.96. The average molecular weight is 970 g/mol. The van der Waals surface area contributed by atoms with Crippen LogP contribution in [0.2, 0.25) is 0 Å². The number of rotatable bonds is 51. The molecule has 0 aliphatic heterocycles. The SMILES string of the molecule is CC/C=C\C/C=C\C/C=C\CCCCCCCCCC(=O)OCC(COC(OCC[N+](C)(C)C)C(=O)O)OC(=O)CCCCCCCCCCCCCC/C=C\C/C=C\C/C=C\CCCCCCC. The first-order chi connectivity index (χ1) is 33.6. The van der Waals surface area contributed by atoms with E-state index >= 15 is 0 Å². The highest BCUT2D eigenvalue weighted by Crippen LogP contribution is 2.15. The number of allylic oxidation sites excluding steroid dienone is 12. The van der Waals surface area contributed by atoms with Crippen molar-refractivity contribution in [3.63, 3.8) is 0 Å². The summed E-state index contributed by atoms with van der Waals surface area (Å²) in [5.74, 6) is -2.02. The van der Waals surface area contributed by atoms with Crippen LogP contribution in [-0.2, 0) is 33.3 Å². The Labute approximate surface area is 424 Å². The zero-order chi connectivity index (χ0) is 50.6. The van der Waals surface area contributed by atoms with Gasteiger partial charge in [0.25, 0.3) is 6.29 Å². The lowest BCUT2D eigenvalue weighted by molar-refractivity contribution is -0.870. The van der Waals surface area contributed by atoms with Crippen LogP contribution in [0.3, 0.4) is 0 Å². The smallest absolute Gasteiger partial charge is 0.361 e. The van der Waals surface area contributed by atoms with E-state index in [1.807, 2.05) is 21.1 Å². The van der Waals surface area contributed by atoms with Crippen LogP contribution in [-0.4, -0.2) is 87.4 Å². The van der Waals surface area contributed by atoms with E-state index in [1.165, 1.54) is 116 Å². The minimum atomic E-state index is -1.52. The van der Waals surface area contributed by atoms with Crippen molar-refractivity contribution >= 4 is 17.9 Å². The number of likely N-dealkylation sites (N-methyl/N-ethyl adjacent to an activating group) is 1. The molecule has 69 heavy (non-hydrogen) atoms. The fourth-order valence-corrected chi connectivity index (χ4v) is 7.62. The van der Waals surface area contributed by atoms with Gasteiger partial charge in [-0.2, -0.15) is 0 Å². The molecule has 9 heteroatoms. The average Bonchev–Trinajstić information content (AvgIpc) is 3.31. The number of ether oxygens (including phenoxy) is 4. The maximum absolute atomic E-state index is 12.9. The Bertz CT molecular complexity index is 1360. The van der Waals surface area contributed by atoms with Crippen molar-refractivity contribution in [2.45, 2.75) is 245 Å². The molecule has 0 rings (SSSR count). The molecule has 2 atom stereocenters. The minimum Gasteiger partial charge on any atom is -0.477 e. The molecule has 0 saturated carbocycles. The fourth-order valence-electron chi connectivity index (χ4n) is 7.62. The Morgan fingerprint density at radius 1 is 0.449 bits per heavy atom. The maximum Gasteiger partial charge on any atom is 0.361 e. The molecular weight excluding hydrogens is 863 g/mol. The molecule has 1 N–H and O–H groups in total. The van der Waals surface area contributed by atoms with Crippen molar-refractivity contribution in [3.8, 4) is 0 Å². The maximum atomic E-state index is 12.9. The van der Waals surface area contributed by atoms with E-state index in [0.29, 0.717) is 17.4 Å². The molecule has 0 radical (unpaired) electrons. The van der Waals surface area contributed by atoms with Gasteiger partial charge < -0.3 is 28.5 Å². The Morgan fingerprint density at radius 2 is 0.826 bits per heavy atom. The molecule has 0 saturated heterocycles. The second-order valence-corrected chi connectivity index (χ2v) is 19.9. The number of esters is 2. The Hall–Kier alpha value is -3.27. The zero-order valence-electron chi connectivity index (χ0n) is 45.2. The normalized spacial score (nSPS) is 13.3. The van der Waals surface area contributed by atoms with Gasteiger partial charge in [0.1, 0.15) is 13.2 Å². The minimum absolute atomic E-state index is 0.183. The first kappa shape index (κ1) is 65.7. The molecule has 0 aromatic carbocycles. The van der Waals surface area contributed by atoms with Gasteiger partial charge in [0.15, 0.2) is 6.10 Å². The first-order valence-corrected chi connectivity index (χ1v) is 28.1. The number of carboxylic acids is 1. The number of nitrogens with zero attached hydrogens (tertiary/aromatic N) is 1. The van der Waals surface area contributed by atoms with E-state index in [9.17, 15) is 19.5 Å². The zero-order valence-corrected chi connectivity index (χ0v) is 45.2. The van der Waals surface area contributed by atoms with Crippen molar-refractivity contribution in [1.29, 1.82) is 0 Å². The lowest BCUT2D eigenvalue weighted by Crippen LogP contribution is -2.40. The molecule has 0 aromatic heterocycles. The second-order valence-electron chi connectivity index (χ2n) is 19.9. The summed E-state index contributed by atoms with van der Waals surface area (Å²) in [6, 6.07) is 0. The fraction of sp³-hybridized carbons (Fsp3) is 0.750. The van der Waals surface area contributed by atoms with Gasteiger partial charge in [0, 0.05) is 12.8 Å². The highest BCUT2D eigenvalue weighted by Gasteiger charge is 2.25. The van der Waals surface area contributed by atoms with E-state index in [-0.39, 0.29) is 38.6 Å². The number of quaternary nitrogens is 1. The molecule has 0 bridgehead atoms. The lowest BCUT2D eigenvalue weighted by Gasteiger charge is -2.25. The Balaban J connectivity index is 4.26. The van der Waals surface area contributed by atoms with E-state index in [2.05, 4.69) is 86.8 Å².